The maximum Gasteiger partial charge on any atom is 0.227 e. The standard InChI is InChI=1S/C14H20N2O/c1-11(12-5-3-2-4-6-12)14(17)16-13-7-9-15-10-8-13/h2-6,11,13,15H,7-10H2,1H3,(H,16,17). The summed E-state index contributed by atoms with van der Waals surface area (Å²) in [6.07, 6.45) is 2.07. The van der Waals surface area contributed by atoms with Crippen LogP contribution in [0.2, 0.25) is 0 Å². The second-order valence-electron chi connectivity index (χ2n) is 4.67. The summed E-state index contributed by atoms with van der Waals surface area (Å²) in [5.41, 5.74) is 1.08. The SMILES string of the molecule is CC(C(=O)NC1CCNCC1)c1ccccc1. The minimum absolute atomic E-state index is 0.0638. The topological polar surface area (TPSA) is 41.1 Å². The highest BCUT2D eigenvalue weighted by atomic mass is 16.1. The number of carbonyl (C=O) groups excluding carboxylic acids is 1. The molecule has 0 bridgehead atoms. The fraction of sp³-hybridized carbons (Fsp3) is 0.500. The van der Waals surface area contributed by atoms with Gasteiger partial charge in [-0.15, -0.1) is 0 Å². The lowest BCUT2D eigenvalue weighted by Crippen LogP contribution is -2.44. The van der Waals surface area contributed by atoms with E-state index in [4.69, 9.17) is 0 Å². The molecule has 0 radical (unpaired) electrons. The summed E-state index contributed by atoms with van der Waals surface area (Å²) in [5, 5.41) is 6.44. The van der Waals surface area contributed by atoms with Crippen LogP contribution in [-0.2, 0) is 4.79 Å². The summed E-state index contributed by atoms with van der Waals surface area (Å²) >= 11 is 0. The lowest BCUT2D eigenvalue weighted by molar-refractivity contribution is -0.123. The predicted molar refractivity (Wildman–Crippen MR) is 68.9 cm³/mol. The van der Waals surface area contributed by atoms with Crippen LogP contribution in [0.5, 0.6) is 0 Å². The van der Waals surface area contributed by atoms with Crippen LogP contribution in [0.4, 0.5) is 0 Å². The minimum atomic E-state index is -0.0638. The van der Waals surface area contributed by atoms with Gasteiger partial charge in [0.1, 0.15) is 0 Å². The Morgan fingerprint density at radius 1 is 1.29 bits per heavy atom. The van der Waals surface area contributed by atoms with Crippen LogP contribution in [0.1, 0.15) is 31.2 Å². The number of piperidine rings is 1. The van der Waals surface area contributed by atoms with Gasteiger partial charge in [0.15, 0.2) is 0 Å². The first kappa shape index (κ1) is 12.1. The molecule has 3 heteroatoms. The second-order valence-corrected chi connectivity index (χ2v) is 4.67. The monoisotopic (exact) mass is 232 g/mol. The van der Waals surface area contributed by atoms with E-state index in [0.29, 0.717) is 6.04 Å². The Morgan fingerprint density at radius 2 is 1.94 bits per heavy atom. The predicted octanol–water partition coefficient (Wildman–Crippen LogP) is 1.66. The van der Waals surface area contributed by atoms with Gasteiger partial charge in [-0.25, -0.2) is 0 Å². The number of carbonyl (C=O) groups is 1. The molecule has 0 saturated carbocycles. The number of hydrogen-bond acceptors (Lipinski definition) is 2. The highest BCUT2D eigenvalue weighted by molar-refractivity contribution is 5.83. The van der Waals surface area contributed by atoms with E-state index < -0.39 is 0 Å². The van der Waals surface area contributed by atoms with Gasteiger partial charge in [0.25, 0.3) is 0 Å². The van der Waals surface area contributed by atoms with Crippen molar-refractivity contribution in [3.63, 3.8) is 0 Å². The maximum atomic E-state index is 12.1. The van der Waals surface area contributed by atoms with Gasteiger partial charge in [0.05, 0.1) is 5.92 Å². The van der Waals surface area contributed by atoms with E-state index in [0.717, 1.165) is 31.5 Å². The molecule has 1 atom stereocenters. The van der Waals surface area contributed by atoms with Crippen molar-refractivity contribution in [2.24, 2.45) is 0 Å². The lowest BCUT2D eigenvalue weighted by Gasteiger charge is -2.25. The molecule has 1 fully saturated rings. The smallest absolute Gasteiger partial charge is 0.227 e. The molecule has 1 unspecified atom stereocenters. The van der Waals surface area contributed by atoms with Gasteiger partial charge in [-0.1, -0.05) is 30.3 Å². The summed E-state index contributed by atoms with van der Waals surface area (Å²) in [7, 11) is 0. The van der Waals surface area contributed by atoms with Crippen molar-refractivity contribution in [2.45, 2.75) is 31.7 Å². The van der Waals surface area contributed by atoms with Gasteiger partial charge in [0, 0.05) is 6.04 Å². The van der Waals surface area contributed by atoms with Crippen molar-refractivity contribution < 1.29 is 4.79 Å². The van der Waals surface area contributed by atoms with Crippen LogP contribution in [0, 0.1) is 0 Å². The molecule has 1 aromatic carbocycles. The summed E-state index contributed by atoms with van der Waals surface area (Å²) in [6.45, 7) is 3.97. The molecule has 1 amide bonds. The molecule has 1 aliphatic rings. The van der Waals surface area contributed by atoms with E-state index in [-0.39, 0.29) is 11.8 Å². The van der Waals surface area contributed by atoms with Gasteiger partial charge in [-0.05, 0) is 38.4 Å². The van der Waals surface area contributed by atoms with E-state index in [1.165, 1.54) is 0 Å². The maximum absolute atomic E-state index is 12.1. The van der Waals surface area contributed by atoms with E-state index in [1.54, 1.807) is 0 Å². The molecule has 1 heterocycles. The van der Waals surface area contributed by atoms with Crippen LogP contribution in [0.3, 0.4) is 0 Å². The molecule has 2 rings (SSSR count). The number of nitrogens with one attached hydrogen (secondary N) is 2. The lowest BCUT2D eigenvalue weighted by atomic mass is 9.99. The Labute approximate surface area is 103 Å². The van der Waals surface area contributed by atoms with Gasteiger partial charge in [-0.2, -0.15) is 0 Å². The Kier molecular flexibility index (Phi) is 4.15. The summed E-state index contributed by atoms with van der Waals surface area (Å²) in [4.78, 5) is 12.1. The highest BCUT2D eigenvalue weighted by Crippen LogP contribution is 2.15. The van der Waals surface area contributed by atoms with E-state index >= 15 is 0 Å². The molecule has 1 saturated heterocycles. The van der Waals surface area contributed by atoms with Gasteiger partial charge >= 0.3 is 0 Å². The zero-order valence-corrected chi connectivity index (χ0v) is 10.3. The van der Waals surface area contributed by atoms with Gasteiger partial charge in [0.2, 0.25) is 5.91 Å². The molecule has 92 valence electrons. The average molecular weight is 232 g/mol. The number of benzene rings is 1. The van der Waals surface area contributed by atoms with E-state index in [2.05, 4.69) is 10.6 Å². The Hall–Kier alpha value is -1.35. The Bertz CT molecular complexity index is 358. The van der Waals surface area contributed by atoms with Crippen molar-refractivity contribution >= 4 is 5.91 Å². The van der Waals surface area contributed by atoms with Crippen LogP contribution >= 0.6 is 0 Å². The van der Waals surface area contributed by atoms with Crippen LogP contribution in [-0.4, -0.2) is 25.0 Å². The molecule has 0 spiro atoms. The van der Waals surface area contributed by atoms with Crippen molar-refractivity contribution in [3.05, 3.63) is 35.9 Å². The normalized spacial score (nSPS) is 18.6. The quantitative estimate of drug-likeness (QED) is 0.832. The number of hydrogen-bond donors (Lipinski definition) is 2. The van der Waals surface area contributed by atoms with Crippen LogP contribution in [0.25, 0.3) is 0 Å². The van der Waals surface area contributed by atoms with Gasteiger partial charge < -0.3 is 10.6 Å². The van der Waals surface area contributed by atoms with E-state index in [1.807, 2.05) is 37.3 Å². The first-order chi connectivity index (χ1) is 8.27. The molecule has 0 aromatic heterocycles. The Balaban J connectivity index is 1.91. The molecule has 1 aliphatic heterocycles. The Morgan fingerprint density at radius 3 is 2.59 bits per heavy atom. The zero-order valence-electron chi connectivity index (χ0n) is 10.3. The fourth-order valence-corrected chi connectivity index (χ4v) is 2.19. The molecule has 0 aliphatic carbocycles. The summed E-state index contributed by atoms with van der Waals surface area (Å²) < 4.78 is 0. The van der Waals surface area contributed by atoms with Crippen molar-refractivity contribution in [1.29, 1.82) is 0 Å². The minimum Gasteiger partial charge on any atom is -0.353 e. The average Bonchev–Trinajstić information content (AvgIpc) is 2.40. The van der Waals surface area contributed by atoms with Gasteiger partial charge in [-0.3, -0.25) is 4.79 Å². The first-order valence-electron chi connectivity index (χ1n) is 6.33. The molecule has 3 nitrogen and oxygen atoms in total. The highest BCUT2D eigenvalue weighted by Gasteiger charge is 2.20. The largest absolute Gasteiger partial charge is 0.353 e. The first-order valence-corrected chi connectivity index (χ1v) is 6.33. The third kappa shape index (κ3) is 3.30. The summed E-state index contributed by atoms with van der Waals surface area (Å²) in [6, 6.07) is 10.3. The zero-order chi connectivity index (χ0) is 12.1. The number of rotatable bonds is 3. The molecule has 1 aromatic rings. The van der Waals surface area contributed by atoms with Crippen molar-refractivity contribution in [3.8, 4) is 0 Å². The molecule has 17 heavy (non-hydrogen) atoms. The van der Waals surface area contributed by atoms with Crippen molar-refractivity contribution in [2.75, 3.05) is 13.1 Å². The third-order valence-corrected chi connectivity index (χ3v) is 3.38. The summed E-state index contributed by atoms with van der Waals surface area (Å²) in [5.74, 6) is 0.0779. The second kappa shape index (κ2) is 5.82. The third-order valence-electron chi connectivity index (χ3n) is 3.38. The van der Waals surface area contributed by atoms with E-state index in [9.17, 15) is 4.79 Å². The fourth-order valence-electron chi connectivity index (χ4n) is 2.19. The number of amides is 1. The van der Waals surface area contributed by atoms with Crippen molar-refractivity contribution in [1.82, 2.24) is 10.6 Å². The molecular weight excluding hydrogens is 212 g/mol. The molecule has 2 N–H and O–H groups in total. The molecular formula is C14H20N2O. The van der Waals surface area contributed by atoms with Crippen LogP contribution in [0.15, 0.2) is 30.3 Å². The van der Waals surface area contributed by atoms with Crippen LogP contribution < -0.4 is 10.6 Å².